The maximum absolute atomic E-state index is 13.9. The summed E-state index contributed by atoms with van der Waals surface area (Å²) in [6, 6.07) is 14.9. The van der Waals surface area contributed by atoms with Crippen LogP contribution < -0.4 is 10.1 Å². The molecule has 3 rings (SSSR count). The first-order valence-electron chi connectivity index (χ1n) is 7.97. The van der Waals surface area contributed by atoms with Gasteiger partial charge in [-0.3, -0.25) is 0 Å². The lowest BCUT2D eigenvalue weighted by atomic mass is 10.2. The number of rotatable bonds is 6. The molecule has 0 unspecified atom stereocenters. The third-order valence-corrected chi connectivity index (χ3v) is 5.01. The lowest BCUT2D eigenvalue weighted by Crippen LogP contribution is -2.05. The third kappa shape index (κ3) is 5.20. The fourth-order valence-electron chi connectivity index (χ4n) is 2.47. The minimum Gasteiger partial charge on any atom is -0.488 e. The Balaban J connectivity index is 1.78. The first-order chi connectivity index (χ1) is 12.9. The van der Waals surface area contributed by atoms with Crippen LogP contribution in [0, 0.1) is 5.82 Å². The fourth-order valence-corrected chi connectivity index (χ4v) is 3.24. The summed E-state index contributed by atoms with van der Waals surface area (Å²) in [4.78, 5) is 0. The summed E-state index contributed by atoms with van der Waals surface area (Å²) in [6.45, 7) is 0.388. The van der Waals surface area contributed by atoms with E-state index in [9.17, 15) is 4.39 Å². The predicted molar refractivity (Wildman–Crippen MR) is 111 cm³/mol. The molecule has 0 atom stereocenters. The Bertz CT molecular complexity index is 944. The molecule has 1 N–H and O–H groups in total. The molecule has 0 heterocycles. The first-order valence-corrected chi connectivity index (χ1v) is 9.48. The van der Waals surface area contributed by atoms with E-state index >= 15 is 0 Å². The topological polar surface area (TPSA) is 21.3 Å². The summed E-state index contributed by atoms with van der Waals surface area (Å²) in [7, 11) is 0. The Hall–Kier alpha value is -1.65. The van der Waals surface area contributed by atoms with Gasteiger partial charge in [-0.25, -0.2) is 4.39 Å². The quantitative estimate of drug-likeness (QED) is 0.421. The molecule has 0 amide bonds. The summed E-state index contributed by atoms with van der Waals surface area (Å²) >= 11 is 24.3. The van der Waals surface area contributed by atoms with Crippen molar-refractivity contribution in [3.05, 3.63) is 91.6 Å². The molecule has 3 aromatic carbocycles. The van der Waals surface area contributed by atoms with Gasteiger partial charge in [0.05, 0.1) is 15.7 Å². The van der Waals surface area contributed by atoms with Crippen LogP contribution in [-0.4, -0.2) is 0 Å². The molecule has 0 aliphatic heterocycles. The van der Waals surface area contributed by atoms with Crippen LogP contribution in [0.3, 0.4) is 0 Å². The van der Waals surface area contributed by atoms with Gasteiger partial charge in [-0.05, 0) is 48.5 Å². The second kappa shape index (κ2) is 9.03. The van der Waals surface area contributed by atoms with E-state index in [1.54, 1.807) is 48.5 Å². The Morgan fingerprint density at radius 3 is 2.37 bits per heavy atom. The van der Waals surface area contributed by atoms with Crippen LogP contribution in [-0.2, 0) is 13.2 Å². The second-order valence-electron chi connectivity index (χ2n) is 5.72. The highest BCUT2D eigenvalue weighted by atomic mass is 35.5. The molecule has 0 aliphatic rings. The molecule has 0 saturated carbocycles. The average molecular weight is 445 g/mol. The molecule has 0 spiro atoms. The summed E-state index contributed by atoms with van der Waals surface area (Å²) in [5, 5.41) is 5.19. The van der Waals surface area contributed by atoms with Crippen molar-refractivity contribution in [2.24, 2.45) is 0 Å². The lowest BCUT2D eigenvalue weighted by Gasteiger charge is -2.15. The zero-order chi connectivity index (χ0) is 19.4. The maximum Gasteiger partial charge on any atom is 0.131 e. The van der Waals surface area contributed by atoms with Crippen molar-refractivity contribution in [2.75, 3.05) is 5.32 Å². The SMILES string of the molecule is Fc1cccc(Cl)c1COc1ccc(Cl)cc1CNc1cc(Cl)ccc1Cl. The summed E-state index contributed by atoms with van der Waals surface area (Å²) in [6.07, 6.45) is 0. The normalized spacial score (nSPS) is 10.7. The van der Waals surface area contributed by atoms with Gasteiger partial charge in [0.2, 0.25) is 0 Å². The van der Waals surface area contributed by atoms with E-state index in [0.717, 1.165) is 5.56 Å². The fraction of sp³-hybridized carbons (Fsp3) is 0.100. The van der Waals surface area contributed by atoms with Crippen molar-refractivity contribution >= 4 is 52.1 Å². The number of hydrogen-bond donors (Lipinski definition) is 1. The van der Waals surface area contributed by atoms with E-state index in [1.165, 1.54) is 6.07 Å². The number of anilines is 1. The summed E-state index contributed by atoms with van der Waals surface area (Å²) in [5.41, 5.74) is 1.77. The number of halogens is 5. The van der Waals surface area contributed by atoms with Crippen molar-refractivity contribution in [1.29, 1.82) is 0 Å². The van der Waals surface area contributed by atoms with E-state index in [-0.39, 0.29) is 6.61 Å². The van der Waals surface area contributed by atoms with Crippen molar-refractivity contribution in [3.8, 4) is 5.75 Å². The average Bonchev–Trinajstić information content (AvgIpc) is 2.63. The molecular weight excluding hydrogens is 431 g/mol. The largest absolute Gasteiger partial charge is 0.488 e. The van der Waals surface area contributed by atoms with Crippen LogP contribution in [0.5, 0.6) is 5.75 Å². The van der Waals surface area contributed by atoms with Gasteiger partial charge in [0.15, 0.2) is 0 Å². The minimum absolute atomic E-state index is 0.00192. The molecule has 0 saturated heterocycles. The van der Waals surface area contributed by atoms with Gasteiger partial charge in [0.1, 0.15) is 18.2 Å². The molecule has 0 aromatic heterocycles. The Labute approximate surface area is 176 Å². The molecule has 0 bridgehead atoms. The van der Waals surface area contributed by atoms with Crippen molar-refractivity contribution in [2.45, 2.75) is 13.2 Å². The van der Waals surface area contributed by atoms with E-state index in [2.05, 4.69) is 5.32 Å². The number of nitrogens with one attached hydrogen (secondary N) is 1. The second-order valence-corrected chi connectivity index (χ2v) is 7.41. The number of ether oxygens (including phenoxy) is 1. The summed E-state index contributed by atoms with van der Waals surface area (Å²) < 4.78 is 19.7. The standard InChI is InChI=1S/C20H14Cl4FNO/c21-13-5-7-20(27-11-15-16(23)2-1-3-18(15)25)12(8-13)10-26-19-9-14(22)4-6-17(19)24/h1-9,26H,10-11H2. The van der Waals surface area contributed by atoms with Crippen molar-refractivity contribution < 1.29 is 9.13 Å². The lowest BCUT2D eigenvalue weighted by molar-refractivity contribution is 0.297. The third-order valence-electron chi connectivity index (χ3n) is 3.85. The van der Waals surface area contributed by atoms with Gasteiger partial charge in [0.25, 0.3) is 0 Å². The predicted octanol–water partition coefficient (Wildman–Crippen LogP) is 7.63. The van der Waals surface area contributed by atoms with Gasteiger partial charge < -0.3 is 10.1 Å². The van der Waals surface area contributed by atoms with E-state index in [0.29, 0.717) is 43.6 Å². The molecule has 27 heavy (non-hydrogen) atoms. The van der Waals surface area contributed by atoms with E-state index in [1.807, 2.05) is 0 Å². The molecule has 7 heteroatoms. The summed E-state index contributed by atoms with van der Waals surface area (Å²) in [5.74, 6) is 0.145. The molecular formula is C20H14Cl4FNO. The van der Waals surface area contributed by atoms with Gasteiger partial charge in [-0.1, -0.05) is 52.5 Å². The van der Waals surface area contributed by atoms with Crippen LogP contribution in [0.2, 0.25) is 20.1 Å². The highest BCUT2D eigenvalue weighted by Gasteiger charge is 2.11. The zero-order valence-corrected chi connectivity index (χ0v) is 16.9. The van der Waals surface area contributed by atoms with E-state index in [4.69, 9.17) is 51.1 Å². The van der Waals surface area contributed by atoms with Crippen LogP contribution in [0.1, 0.15) is 11.1 Å². The van der Waals surface area contributed by atoms with Crippen LogP contribution in [0.4, 0.5) is 10.1 Å². The van der Waals surface area contributed by atoms with Crippen LogP contribution in [0.25, 0.3) is 0 Å². The molecule has 140 valence electrons. The first kappa shape index (κ1) is 20.1. The molecule has 0 radical (unpaired) electrons. The van der Waals surface area contributed by atoms with Gasteiger partial charge in [0, 0.05) is 27.7 Å². The van der Waals surface area contributed by atoms with Gasteiger partial charge in [-0.15, -0.1) is 0 Å². The Kier molecular flexibility index (Phi) is 6.72. The molecule has 2 nitrogen and oxygen atoms in total. The Morgan fingerprint density at radius 2 is 1.59 bits per heavy atom. The molecule has 0 aliphatic carbocycles. The number of benzene rings is 3. The van der Waals surface area contributed by atoms with Crippen LogP contribution >= 0.6 is 46.4 Å². The van der Waals surface area contributed by atoms with Crippen molar-refractivity contribution in [1.82, 2.24) is 0 Å². The highest BCUT2D eigenvalue weighted by molar-refractivity contribution is 6.35. The smallest absolute Gasteiger partial charge is 0.131 e. The minimum atomic E-state index is -0.415. The van der Waals surface area contributed by atoms with E-state index < -0.39 is 5.82 Å². The van der Waals surface area contributed by atoms with Gasteiger partial charge in [-0.2, -0.15) is 0 Å². The highest BCUT2D eigenvalue weighted by Crippen LogP contribution is 2.29. The van der Waals surface area contributed by atoms with Crippen molar-refractivity contribution in [3.63, 3.8) is 0 Å². The van der Waals surface area contributed by atoms with Crippen LogP contribution in [0.15, 0.2) is 54.6 Å². The van der Waals surface area contributed by atoms with Gasteiger partial charge >= 0.3 is 0 Å². The number of hydrogen-bond acceptors (Lipinski definition) is 2. The molecule has 3 aromatic rings. The zero-order valence-electron chi connectivity index (χ0n) is 13.9. The monoisotopic (exact) mass is 443 g/mol. The Morgan fingerprint density at radius 1 is 0.852 bits per heavy atom. The maximum atomic E-state index is 13.9. The molecule has 0 fully saturated rings.